The number of carbonyl (C=O) groups excluding carboxylic acids is 2. The first-order valence-electron chi connectivity index (χ1n) is 8.64. The molecule has 9 heteroatoms. The molecule has 3 aliphatic heterocycles. The number of β-lactam (4-membered cyclic amide) rings is 1. The Labute approximate surface area is 151 Å². The van der Waals surface area contributed by atoms with E-state index in [0.717, 1.165) is 6.34 Å². The minimum atomic E-state index is -1.16. The van der Waals surface area contributed by atoms with Crippen LogP contribution in [-0.4, -0.2) is 87.9 Å². The summed E-state index contributed by atoms with van der Waals surface area (Å²) in [6.07, 6.45) is 1.08. The van der Waals surface area contributed by atoms with Gasteiger partial charge in [0.15, 0.2) is 0 Å². The van der Waals surface area contributed by atoms with Gasteiger partial charge in [-0.15, -0.1) is 0 Å². The summed E-state index contributed by atoms with van der Waals surface area (Å²) in [5, 5.41) is 27.0. The van der Waals surface area contributed by atoms with Gasteiger partial charge >= 0.3 is 5.97 Å². The Morgan fingerprint density at radius 2 is 2.04 bits per heavy atom. The van der Waals surface area contributed by atoms with E-state index in [9.17, 15) is 24.6 Å². The zero-order valence-electron chi connectivity index (χ0n) is 15.0. The highest BCUT2D eigenvalue weighted by Gasteiger charge is 2.58. The van der Waals surface area contributed by atoms with Crippen LogP contribution in [-0.2, 0) is 14.4 Å². The molecule has 0 aromatic rings. The molecule has 0 spiro atoms. The number of likely N-dealkylation sites (tertiary alicyclic amines) is 1. The van der Waals surface area contributed by atoms with Crippen LogP contribution in [0.25, 0.3) is 0 Å². The molecule has 26 heavy (non-hydrogen) atoms. The van der Waals surface area contributed by atoms with Crippen LogP contribution in [0, 0.1) is 17.2 Å². The highest BCUT2D eigenvalue weighted by Crippen LogP contribution is 2.47. The first-order valence-corrected chi connectivity index (χ1v) is 8.64. The van der Waals surface area contributed by atoms with Crippen LogP contribution in [0.2, 0.25) is 0 Å². The number of rotatable bonds is 5. The third-order valence-electron chi connectivity index (χ3n) is 5.69. The van der Waals surface area contributed by atoms with Gasteiger partial charge in [-0.3, -0.25) is 15.0 Å². The number of nitrogens with one attached hydrogen (secondary N) is 1. The lowest BCUT2D eigenvalue weighted by Gasteiger charge is -2.44. The first-order chi connectivity index (χ1) is 12.2. The summed E-state index contributed by atoms with van der Waals surface area (Å²) in [5.41, 5.74) is 0.629. The molecule has 0 bridgehead atoms. The Morgan fingerprint density at radius 3 is 2.54 bits per heavy atom. The number of aliphatic carboxylic acids is 1. The molecule has 3 rings (SSSR count). The fourth-order valence-corrected chi connectivity index (χ4v) is 4.46. The molecule has 3 aliphatic rings. The molecule has 0 aromatic carbocycles. The summed E-state index contributed by atoms with van der Waals surface area (Å²) >= 11 is 0. The van der Waals surface area contributed by atoms with Crippen LogP contribution in [0.4, 0.5) is 0 Å². The summed E-state index contributed by atoms with van der Waals surface area (Å²) in [4.78, 5) is 40.8. The minimum Gasteiger partial charge on any atom is -0.477 e. The maximum atomic E-state index is 12.4. The van der Waals surface area contributed by atoms with Gasteiger partial charge in [0, 0.05) is 26.6 Å². The standard InChI is InChI=1S/C17H24N4O5/c1-8(22)13-11-5-10(14(17(25)26)21(11)16(13)24)9-4-12(15(23)19(2)3)20(6-9)7-18/h7-9,11-13,18,22H,4-6H2,1-3H3,(H,25,26)/t8-,9?,11-,12+,13-/m1/s1. The van der Waals surface area contributed by atoms with E-state index < -0.39 is 24.0 Å². The number of carbonyl (C=O) groups is 3. The summed E-state index contributed by atoms with van der Waals surface area (Å²) < 4.78 is 0. The zero-order chi connectivity index (χ0) is 19.3. The molecule has 2 fully saturated rings. The van der Waals surface area contributed by atoms with Gasteiger partial charge < -0.3 is 24.9 Å². The van der Waals surface area contributed by atoms with Gasteiger partial charge in [-0.2, -0.15) is 0 Å². The second-order valence-electron chi connectivity index (χ2n) is 7.43. The number of hydrogen-bond acceptors (Lipinski definition) is 5. The van der Waals surface area contributed by atoms with Gasteiger partial charge in [0.1, 0.15) is 11.7 Å². The lowest BCUT2D eigenvalue weighted by atomic mass is 9.81. The Hall–Kier alpha value is -2.42. The average Bonchev–Trinajstić information content (AvgIpc) is 3.12. The maximum absolute atomic E-state index is 12.4. The Morgan fingerprint density at radius 1 is 1.38 bits per heavy atom. The topological polar surface area (TPSA) is 125 Å². The van der Waals surface area contributed by atoms with Gasteiger partial charge in [0.25, 0.3) is 0 Å². The van der Waals surface area contributed by atoms with E-state index in [2.05, 4.69) is 0 Å². The molecular formula is C17H24N4O5. The highest BCUT2D eigenvalue weighted by atomic mass is 16.4. The maximum Gasteiger partial charge on any atom is 0.352 e. The van der Waals surface area contributed by atoms with E-state index in [4.69, 9.17) is 5.41 Å². The average molecular weight is 364 g/mol. The Balaban J connectivity index is 1.89. The number of aliphatic hydroxyl groups is 1. The molecule has 3 N–H and O–H groups in total. The first kappa shape index (κ1) is 18.4. The van der Waals surface area contributed by atoms with Crippen molar-refractivity contribution in [1.29, 1.82) is 5.41 Å². The summed E-state index contributed by atoms with van der Waals surface area (Å²) in [5.74, 6) is -2.46. The van der Waals surface area contributed by atoms with Crippen LogP contribution in [0.1, 0.15) is 19.8 Å². The Bertz CT molecular complexity index is 701. The SMILES string of the molecule is C[C@@H](O)[C@H]1C(=O)N2C(C(=O)O)=C(C3C[C@@H](C(=O)N(C)C)N(C=N)C3)C[C@H]12. The molecule has 1 unspecified atom stereocenters. The van der Waals surface area contributed by atoms with Gasteiger partial charge in [-0.1, -0.05) is 0 Å². The fourth-order valence-electron chi connectivity index (χ4n) is 4.46. The van der Waals surface area contributed by atoms with Crippen molar-refractivity contribution in [2.45, 2.75) is 38.0 Å². The van der Waals surface area contributed by atoms with Crippen molar-refractivity contribution in [3.05, 3.63) is 11.3 Å². The zero-order valence-corrected chi connectivity index (χ0v) is 15.0. The summed E-state index contributed by atoms with van der Waals surface area (Å²) in [6.45, 7) is 1.91. The molecule has 0 aromatic heterocycles. The number of hydrogen-bond donors (Lipinski definition) is 3. The summed E-state index contributed by atoms with van der Waals surface area (Å²) in [6, 6.07) is -0.841. The van der Waals surface area contributed by atoms with Crippen molar-refractivity contribution in [2.75, 3.05) is 20.6 Å². The lowest BCUT2D eigenvalue weighted by molar-refractivity contribution is -0.161. The van der Waals surface area contributed by atoms with Gasteiger partial charge in [0.2, 0.25) is 11.8 Å². The van der Waals surface area contributed by atoms with Gasteiger partial charge in [-0.05, 0) is 25.3 Å². The lowest BCUT2D eigenvalue weighted by Crippen LogP contribution is -2.61. The van der Waals surface area contributed by atoms with Crippen molar-refractivity contribution in [3.8, 4) is 0 Å². The molecular weight excluding hydrogens is 340 g/mol. The quantitative estimate of drug-likeness (QED) is 0.337. The van der Waals surface area contributed by atoms with E-state index in [1.54, 1.807) is 19.0 Å². The predicted molar refractivity (Wildman–Crippen MR) is 91.2 cm³/mol. The molecule has 0 radical (unpaired) electrons. The normalized spacial score (nSPS) is 31.6. The third kappa shape index (κ3) is 2.57. The van der Waals surface area contributed by atoms with E-state index in [-0.39, 0.29) is 29.5 Å². The van der Waals surface area contributed by atoms with Gasteiger partial charge in [0.05, 0.1) is 24.4 Å². The molecule has 0 saturated carbocycles. The number of carboxylic acid groups (broad SMARTS) is 1. The second kappa shape index (κ2) is 6.39. The van der Waals surface area contributed by atoms with E-state index in [1.807, 2.05) is 0 Å². The molecule has 2 saturated heterocycles. The van der Waals surface area contributed by atoms with Crippen molar-refractivity contribution >= 4 is 24.1 Å². The molecule has 0 aliphatic carbocycles. The number of amides is 2. The largest absolute Gasteiger partial charge is 0.477 e. The molecule has 2 amide bonds. The molecule has 142 valence electrons. The fraction of sp³-hybridized carbons (Fsp3) is 0.647. The molecule has 3 heterocycles. The van der Waals surface area contributed by atoms with Gasteiger partial charge in [-0.25, -0.2) is 4.79 Å². The van der Waals surface area contributed by atoms with Crippen molar-refractivity contribution in [1.82, 2.24) is 14.7 Å². The van der Waals surface area contributed by atoms with E-state index >= 15 is 0 Å². The van der Waals surface area contributed by atoms with Crippen LogP contribution in [0.15, 0.2) is 11.3 Å². The monoisotopic (exact) mass is 364 g/mol. The predicted octanol–water partition coefficient (Wildman–Crippen LogP) is -0.678. The number of fused-ring (bicyclic) bond motifs is 1. The van der Waals surface area contributed by atoms with Crippen LogP contribution < -0.4 is 0 Å². The highest BCUT2D eigenvalue weighted by molar-refractivity contribution is 6.00. The van der Waals surface area contributed by atoms with E-state index in [1.165, 1.54) is 16.7 Å². The van der Waals surface area contributed by atoms with Crippen molar-refractivity contribution in [2.24, 2.45) is 11.8 Å². The minimum absolute atomic E-state index is 0.00946. The van der Waals surface area contributed by atoms with Crippen LogP contribution in [0.5, 0.6) is 0 Å². The smallest absolute Gasteiger partial charge is 0.352 e. The number of aliphatic hydroxyl groups excluding tert-OH is 1. The van der Waals surface area contributed by atoms with E-state index in [0.29, 0.717) is 25.0 Å². The van der Waals surface area contributed by atoms with Crippen LogP contribution in [0.3, 0.4) is 0 Å². The number of nitrogens with zero attached hydrogens (tertiary/aromatic N) is 3. The molecule has 5 atom stereocenters. The van der Waals surface area contributed by atoms with Crippen LogP contribution >= 0.6 is 0 Å². The summed E-state index contributed by atoms with van der Waals surface area (Å²) in [7, 11) is 3.29. The number of carboxylic acids is 1. The van der Waals surface area contributed by atoms with Crippen molar-refractivity contribution < 1.29 is 24.6 Å². The third-order valence-corrected chi connectivity index (χ3v) is 5.69. The molecule has 9 nitrogen and oxygen atoms in total. The Kier molecular flexibility index (Phi) is 4.51. The van der Waals surface area contributed by atoms with Crippen molar-refractivity contribution in [3.63, 3.8) is 0 Å². The number of likely N-dealkylation sites (N-methyl/N-ethyl adjacent to an activating group) is 1. The second-order valence-corrected chi connectivity index (χ2v) is 7.43.